The number of carbonyl (C=O) groups excluding carboxylic acids is 1. The molecule has 0 aliphatic carbocycles. The third-order valence-corrected chi connectivity index (χ3v) is 4.70. The minimum Gasteiger partial charge on any atom is -0.477 e. The minimum absolute atomic E-state index is 0.0464. The predicted octanol–water partition coefficient (Wildman–Crippen LogP) is 4.35. The van der Waals surface area contributed by atoms with Crippen LogP contribution in [0.5, 0.6) is 0 Å². The van der Waals surface area contributed by atoms with Crippen molar-refractivity contribution in [2.75, 3.05) is 5.32 Å². The van der Waals surface area contributed by atoms with Gasteiger partial charge in [0.15, 0.2) is 0 Å². The van der Waals surface area contributed by atoms with Crippen molar-refractivity contribution in [2.24, 2.45) is 0 Å². The Kier molecular flexibility index (Phi) is 4.83. The van der Waals surface area contributed by atoms with E-state index in [4.69, 9.17) is 0 Å². The summed E-state index contributed by atoms with van der Waals surface area (Å²) in [6.45, 7) is 1.88. The van der Waals surface area contributed by atoms with Crippen molar-refractivity contribution in [3.05, 3.63) is 84.2 Å². The number of aromatic nitrogens is 2. The molecule has 0 aliphatic heterocycles. The van der Waals surface area contributed by atoms with Crippen LogP contribution in [-0.4, -0.2) is 26.5 Å². The van der Waals surface area contributed by atoms with E-state index < -0.39 is 5.97 Å². The summed E-state index contributed by atoms with van der Waals surface area (Å²) in [5.74, 6) is -1.39. The van der Waals surface area contributed by atoms with Gasteiger partial charge in [-0.15, -0.1) is 0 Å². The summed E-state index contributed by atoms with van der Waals surface area (Å²) in [5, 5.41) is 13.2. The number of para-hydroxylation sites is 1. The van der Waals surface area contributed by atoms with Crippen molar-refractivity contribution >= 4 is 28.5 Å². The number of hydrogen-bond acceptors (Lipinski definition) is 3. The van der Waals surface area contributed by atoms with Crippen molar-refractivity contribution < 1.29 is 14.7 Å². The Labute approximate surface area is 167 Å². The highest BCUT2D eigenvalue weighted by atomic mass is 16.4. The van der Waals surface area contributed by atoms with Gasteiger partial charge in [-0.05, 0) is 37.3 Å². The molecule has 0 spiro atoms. The molecule has 2 heterocycles. The van der Waals surface area contributed by atoms with E-state index >= 15 is 0 Å². The molecule has 1 amide bonds. The number of aryl methyl sites for hydroxylation is 1. The number of nitrogens with one attached hydrogen (secondary N) is 1. The third kappa shape index (κ3) is 3.73. The first-order valence-electron chi connectivity index (χ1n) is 9.16. The van der Waals surface area contributed by atoms with Crippen molar-refractivity contribution in [1.29, 1.82) is 0 Å². The third-order valence-electron chi connectivity index (χ3n) is 4.70. The molecule has 4 rings (SSSR count). The van der Waals surface area contributed by atoms with Gasteiger partial charge in [-0.25, -0.2) is 4.79 Å². The predicted molar refractivity (Wildman–Crippen MR) is 112 cm³/mol. The molecule has 0 fully saturated rings. The van der Waals surface area contributed by atoms with Gasteiger partial charge < -0.3 is 15.0 Å². The number of carboxylic acids is 1. The Balaban J connectivity index is 1.77. The Bertz CT molecular complexity index is 1210. The van der Waals surface area contributed by atoms with E-state index in [-0.39, 0.29) is 18.1 Å². The summed E-state index contributed by atoms with van der Waals surface area (Å²) in [6, 6.07) is 20.3. The van der Waals surface area contributed by atoms with Crippen LogP contribution in [0.3, 0.4) is 0 Å². The summed E-state index contributed by atoms with van der Waals surface area (Å²) < 4.78 is 1.51. The first-order valence-corrected chi connectivity index (χ1v) is 9.16. The smallest absolute Gasteiger partial charge is 0.352 e. The fourth-order valence-corrected chi connectivity index (χ4v) is 3.42. The Morgan fingerprint density at radius 3 is 2.55 bits per heavy atom. The van der Waals surface area contributed by atoms with Crippen molar-refractivity contribution in [3.8, 4) is 11.3 Å². The fourth-order valence-electron chi connectivity index (χ4n) is 3.42. The Hall–Kier alpha value is -3.93. The highest BCUT2D eigenvalue weighted by molar-refractivity contribution is 6.01. The molecular formula is C23H19N3O3. The van der Waals surface area contributed by atoms with Gasteiger partial charge in [-0.3, -0.25) is 9.78 Å². The number of amides is 1. The highest BCUT2D eigenvalue weighted by Crippen LogP contribution is 2.30. The number of hydrogen-bond donors (Lipinski definition) is 2. The molecule has 4 aromatic rings. The lowest BCUT2D eigenvalue weighted by Gasteiger charge is -2.10. The maximum Gasteiger partial charge on any atom is 0.352 e. The average Bonchev–Trinajstić information content (AvgIpc) is 3.07. The number of carboxylic acid groups (broad SMARTS) is 1. The first-order chi connectivity index (χ1) is 14.0. The number of pyridine rings is 1. The molecule has 6 nitrogen and oxygen atoms in total. The largest absolute Gasteiger partial charge is 0.477 e. The number of benzene rings is 2. The lowest BCUT2D eigenvalue weighted by Crippen LogP contribution is -2.21. The van der Waals surface area contributed by atoms with E-state index in [1.165, 1.54) is 4.57 Å². The lowest BCUT2D eigenvalue weighted by atomic mass is 10.1. The Morgan fingerprint density at radius 2 is 1.83 bits per heavy atom. The second kappa shape index (κ2) is 7.59. The zero-order valence-electron chi connectivity index (χ0n) is 15.8. The van der Waals surface area contributed by atoms with Crippen molar-refractivity contribution in [2.45, 2.75) is 13.5 Å². The number of anilines is 1. The minimum atomic E-state index is -1.09. The van der Waals surface area contributed by atoms with Crippen LogP contribution < -0.4 is 5.32 Å². The monoisotopic (exact) mass is 385 g/mol. The van der Waals surface area contributed by atoms with E-state index in [0.29, 0.717) is 22.3 Å². The molecule has 0 saturated carbocycles. The second-order valence-electron chi connectivity index (χ2n) is 6.80. The van der Waals surface area contributed by atoms with Gasteiger partial charge in [0.25, 0.3) is 0 Å². The van der Waals surface area contributed by atoms with Crippen LogP contribution in [0.4, 0.5) is 5.69 Å². The van der Waals surface area contributed by atoms with Crippen LogP contribution in [0, 0.1) is 6.92 Å². The van der Waals surface area contributed by atoms with E-state index in [1.807, 2.05) is 49.4 Å². The maximum absolute atomic E-state index is 12.6. The van der Waals surface area contributed by atoms with Crippen LogP contribution in [0.25, 0.3) is 22.2 Å². The van der Waals surface area contributed by atoms with Crippen molar-refractivity contribution in [3.63, 3.8) is 0 Å². The van der Waals surface area contributed by atoms with Gasteiger partial charge >= 0.3 is 5.97 Å². The van der Waals surface area contributed by atoms with Gasteiger partial charge in [0.1, 0.15) is 12.2 Å². The molecule has 144 valence electrons. The van der Waals surface area contributed by atoms with E-state index in [2.05, 4.69) is 10.3 Å². The van der Waals surface area contributed by atoms with Gasteiger partial charge in [-0.1, -0.05) is 42.0 Å². The van der Waals surface area contributed by atoms with Crippen LogP contribution in [0.15, 0.2) is 72.9 Å². The maximum atomic E-state index is 12.6. The van der Waals surface area contributed by atoms with Crippen LogP contribution in [-0.2, 0) is 11.3 Å². The van der Waals surface area contributed by atoms with E-state index in [0.717, 1.165) is 11.1 Å². The first kappa shape index (κ1) is 18.4. The van der Waals surface area contributed by atoms with Crippen LogP contribution in [0.1, 0.15) is 16.1 Å². The highest BCUT2D eigenvalue weighted by Gasteiger charge is 2.19. The summed E-state index contributed by atoms with van der Waals surface area (Å²) in [4.78, 5) is 28.9. The van der Waals surface area contributed by atoms with Gasteiger partial charge in [0, 0.05) is 22.8 Å². The molecule has 0 aliphatic rings. The quantitative estimate of drug-likeness (QED) is 0.535. The van der Waals surface area contributed by atoms with E-state index in [9.17, 15) is 14.7 Å². The number of aromatic carboxylic acids is 1. The summed E-state index contributed by atoms with van der Waals surface area (Å²) in [5.41, 5.74) is 4.03. The number of rotatable bonds is 5. The molecule has 0 atom stereocenters. The molecule has 29 heavy (non-hydrogen) atoms. The molecule has 0 unspecified atom stereocenters. The van der Waals surface area contributed by atoms with E-state index in [1.54, 1.807) is 30.5 Å². The SMILES string of the molecule is Cc1cccc(-c2nccc3c2cc(C(=O)O)n3CC(=O)Nc2ccccc2)c1. The molecule has 2 aromatic heterocycles. The Morgan fingerprint density at radius 1 is 1.03 bits per heavy atom. The van der Waals surface area contributed by atoms with Gasteiger partial charge in [0.05, 0.1) is 11.2 Å². The summed E-state index contributed by atoms with van der Waals surface area (Å²) in [6.07, 6.45) is 1.64. The molecule has 0 bridgehead atoms. The molecule has 6 heteroatoms. The fraction of sp³-hybridized carbons (Fsp3) is 0.0870. The topological polar surface area (TPSA) is 84.2 Å². The summed E-state index contributed by atoms with van der Waals surface area (Å²) >= 11 is 0. The van der Waals surface area contributed by atoms with Gasteiger partial charge in [-0.2, -0.15) is 0 Å². The normalized spacial score (nSPS) is 10.8. The molecule has 0 saturated heterocycles. The van der Waals surface area contributed by atoms with Gasteiger partial charge in [0.2, 0.25) is 5.91 Å². The molecule has 0 radical (unpaired) electrons. The van der Waals surface area contributed by atoms with Crippen molar-refractivity contribution in [1.82, 2.24) is 9.55 Å². The van der Waals surface area contributed by atoms with Crippen LogP contribution >= 0.6 is 0 Å². The number of nitrogens with zero attached hydrogens (tertiary/aromatic N) is 2. The second-order valence-corrected chi connectivity index (χ2v) is 6.80. The number of carbonyl (C=O) groups is 2. The standard InChI is InChI=1S/C23H19N3O3/c1-15-6-5-7-16(12-15)22-18-13-20(23(28)29)26(19(18)10-11-24-22)14-21(27)25-17-8-3-2-4-9-17/h2-13H,14H2,1H3,(H,25,27)(H,28,29). The molecule has 2 N–H and O–H groups in total. The average molecular weight is 385 g/mol. The number of fused-ring (bicyclic) bond motifs is 1. The summed E-state index contributed by atoms with van der Waals surface area (Å²) in [7, 11) is 0. The van der Waals surface area contributed by atoms with Crippen LogP contribution in [0.2, 0.25) is 0 Å². The lowest BCUT2D eigenvalue weighted by molar-refractivity contribution is -0.116. The molecule has 2 aromatic carbocycles. The zero-order valence-corrected chi connectivity index (χ0v) is 15.8. The zero-order chi connectivity index (χ0) is 20.4. The molecular weight excluding hydrogens is 366 g/mol.